The molecule has 0 radical (unpaired) electrons. The Bertz CT molecular complexity index is 772. The average molecular weight is 332 g/mol. The zero-order valence-corrected chi connectivity index (χ0v) is 15.1. The van der Waals surface area contributed by atoms with Crippen LogP contribution in [0.1, 0.15) is 13.8 Å². The first kappa shape index (κ1) is 15.4. The molecule has 0 unspecified atom stereocenters. The highest BCUT2D eigenvalue weighted by molar-refractivity contribution is 7.85. The third-order valence-electron chi connectivity index (χ3n) is 5.18. The van der Waals surface area contributed by atoms with Crippen molar-refractivity contribution in [2.75, 3.05) is 0 Å². The third-order valence-corrected chi connectivity index (χ3v) is 9.74. The standard InChI is InChI=1S/C22H23NP/c1-18-19(2)23(18)24(20-12-6-3-7-13-20,21-14-8-4-9-15-21)22-16-10-5-11-17-22/h3-19H,1-2H3/q+1/t18-,19-/m1/s1. The monoisotopic (exact) mass is 332 g/mol. The molecule has 1 heterocycles. The zero-order chi connectivity index (χ0) is 16.6. The normalized spacial score (nSPS) is 20.0. The molecule has 3 aromatic rings. The Morgan fingerprint density at radius 1 is 0.542 bits per heavy atom. The summed E-state index contributed by atoms with van der Waals surface area (Å²) in [6, 6.07) is 34.5. The molecule has 0 spiro atoms. The van der Waals surface area contributed by atoms with Crippen LogP contribution >= 0.6 is 7.05 Å². The van der Waals surface area contributed by atoms with Gasteiger partial charge >= 0.3 is 0 Å². The molecular weight excluding hydrogens is 309 g/mol. The highest BCUT2D eigenvalue weighted by Gasteiger charge is 2.55. The van der Waals surface area contributed by atoms with Crippen molar-refractivity contribution in [3.05, 3.63) is 91.0 Å². The van der Waals surface area contributed by atoms with Gasteiger partial charge in [-0.1, -0.05) is 54.6 Å². The lowest BCUT2D eigenvalue weighted by Crippen LogP contribution is -2.28. The second kappa shape index (κ2) is 6.07. The Hall–Kier alpha value is -2.11. The predicted molar refractivity (Wildman–Crippen MR) is 104 cm³/mol. The van der Waals surface area contributed by atoms with Gasteiger partial charge in [-0.2, -0.15) is 0 Å². The fraction of sp³-hybridized carbons (Fsp3) is 0.182. The van der Waals surface area contributed by atoms with Gasteiger partial charge in [0, 0.05) is 29.8 Å². The van der Waals surface area contributed by atoms with E-state index in [4.69, 9.17) is 0 Å². The molecule has 1 aliphatic heterocycles. The third kappa shape index (κ3) is 2.27. The molecule has 0 bridgehead atoms. The molecule has 0 aliphatic carbocycles. The lowest BCUT2D eigenvalue weighted by Gasteiger charge is -2.21. The summed E-state index contributed by atoms with van der Waals surface area (Å²) in [5, 5.41) is 4.33. The van der Waals surface area contributed by atoms with Crippen molar-refractivity contribution in [3.63, 3.8) is 0 Å². The molecule has 0 amide bonds. The van der Waals surface area contributed by atoms with Crippen molar-refractivity contribution < 1.29 is 4.33 Å². The van der Waals surface area contributed by atoms with E-state index in [-0.39, 0.29) is 0 Å². The first-order chi connectivity index (χ1) is 11.8. The fourth-order valence-corrected chi connectivity index (χ4v) is 8.73. The smallest absolute Gasteiger partial charge is 0.206 e. The molecule has 120 valence electrons. The Balaban J connectivity index is 2.16. The highest BCUT2D eigenvalue weighted by Crippen LogP contribution is 2.52. The lowest BCUT2D eigenvalue weighted by atomic mass is 10.4. The quantitative estimate of drug-likeness (QED) is 0.504. The summed E-state index contributed by atoms with van der Waals surface area (Å²) in [4.78, 5) is 0. The first-order valence-electron chi connectivity index (χ1n) is 8.61. The maximum atomic E-state index is 2.74. The summed E-state index contributed by atoms with van der Waals surface area (Å²) in [5.41, 5.74) is 0. The molecule has 1 fully saturated rings. The van der Waals surface area contributed by atoms with E-state index in [0.717, 1.165) is 0 Å². The van der Waals surface area contributed by atoms with Crippen molar-refractivity contribution in [1.82, 2.24) is 0 Å². The largest absolute Gasteiger partial charge is 0.231 e. The van der Waals surface area contributed by atoms with Crippen LogP contribution in [0.5, 0.6) is 0 Å². The molecule has 3 aromatic carbocycles. The molecule has 0 saturated carbocycles. The minimum absolute atomic E-state index is 0.610. The van der Waals surface area contributed by atoms with Crippen molar-refractivity contribution in [1.29, 1.82) is 0 Å². The van der Waals surface area contributed by atoms with Crippen LogP contribution in [0.2, 0.25) is 0 Å². The maximum absolute atomic E-state index is 2.74. The van der Waals surface area contributed by atoms with Crippen LogP contribution in [0.3, 0.4) is 0 Å². The number of hydrogen-bond donors (Lipinski definition) is 0. The average Bonchev–Trinajstić information content (AvgIpc) is 3.25. The second-order valence-electron chi connectivity index (χ2n) is 6.50. The van der Waals surface area contributed by atoms with E-state index >= 15 is 0 Å². The van der Waals surface area contributed by atoms with Crippen molar-refractivity contribution in [2.45, 2.75) is 25.9 Å². The molecule has 0 N–H and O–H groups in total. The van der Waals surface area contributed by atoms with Crippen molar-refractivity contribution in [2.24, 2.45) is 0 Å². The second-order valence-corrected chi connectivity index (χ2v) is 9.79. The van der Waals surface area contributed by atoms with Crippen LogP contribution in [0.25, 0.3) is 0 Å². The van der Waals surface area contributed by atoms with E-state index in [1.807, 2.05) is 0 Å². The predicted octanol–water partition coefficient (Wildman–Crippen LogP) is 3.97. The van der Waals surface area contributed by atoms with Gasteiger partial charge in [-0.05, 0) is 36.4 Å². The number of hydrogen-bond acceptors (Lipinski definition) is 0. The number of benzene rings is 3. The van der Waals surface area contributed by atoms with Crippen molar-refractivity contribution >= 4 is 23.0 Å². The van der Waals surface area contributed by atoms with Gasteiger partial charge in [0.15, 0.2) is 7.05 Å². The van der Waals surface area contributed by atoms with E-state index in [1.165, 1.54) is 15.9 Å². The van der Waals surface area contributed by atoms with Gasteiger partial charge in [0.25, 0.3) is 0 Å². The van der Waals surface area contributed by atoms with Gasteiger partial charge in [-0.25, -0.2) is 4.33 Å². The molecule has 0 aromatic heterocycles. The molecule has 1 saturated heterocycles. The Morgan fingerprint density at radius 2 is 0.833 bits per heavy atom. The van der Waals surface area contributed by atoms with Crippen LogP contribution in [0.15, 0.2) is 91.0 Å². The van der Waals surface area contributed by atoms with E-state index in [0.29, 0.717) is 12.1 Å². The van der Waals surface area contributed by atoms with E-state index in [9.17, 15) is 0 Å². The van der Waals surface area contributed by atoms with Crippen LogP contribution < -0.4 is 15.9 Å². The topological polar surface area (TPSA) is 3.01 Å². The highest BCUT2D eigenvalue weighted by atomic mass is 31.2. The molecule has 2 heteroatoms. The van der Waals surface area contributed by atoms with E-state index < -0.39 is 7.05 Å². The minimum Gasteiger partial charge on any atom is -0.231 e. The van der Waals surface area contributed by atoms with Gasteiger partial charge in [0.1, 0.15) is 0 Å². The van der Waals surface area contributed by atoms with E-state index in [1.54, 1.807) is 0 Å². The molecule has 1 nitrogen and oxygen atoms in total. The van der Waals surface area contributed by atoms with Gasteiger partial charge in [-0.15, -0.1) is 0 Å². The summed E-state index contributed by atoms with van der Waals surface area (Å²) in [6.45, 7) is 4.71. The molecule has 4 rings (SSSR count). The summed E-state index contributed by atoms with van der Waals surface area (Å²) < 4.78 is 2.74. The van der Waals surface area contributed by atoms with Gasteiger partial charge in [0.2, 0.25) is 12.1 Å². The zero-order valence-electron chi connectivity index (χ0n) is 14.2. The van der Waals surface area contributed by atoms with Crippen LogP contribution in [-0.4, -0.2) is 16.4 Å². The SMILES string of the molecule is C[C@@H]1[C@@H](C)[N+]1=P(c1ccccc1)(c1ccccc1)c1ccccc1. The Morgan fingerprint density at radius 3 is 1.08 bits per heavy atom. The Kier molecular flexibility index (Phi) is 3.90. The van der Waals surface area contributed by atoms with Crippen LogP contribution in [0, 0.1) is 0 Å². The van der Waals surface area contributed by atoms with Gasteiger partial charge in [0.05, 0.1) is 0 Å². The molecular formula is C22H23NP+. The summed E-state index contributed by atoms with van der Waals surface area (Å²) in [5.74, 6) is 0. The van der Waals surface area contributed by atoms with Crippen LogP contribution in [0.4, 0.5) is 0 Å². The number of nitrogens with zero attached hydrogens (tertiary/aromatic N) is 1. The summed E-state index contributed by atoms with van der Waals surface area (Å²) >= 11 is 0. The minimum atomic E-state index is -1.79. The van der Waals surface area contributed by atoms with Crippen molar-refractivity contribution in [3.8, 4) is 0 Å². The molecule has 1 aliphatic rings. The van der Waals surface area contributed by atoms with Crippen LogP contribution in [-0.2, 0) is 0 Å². The summed E-state index contributed by atoms with van der Waals surface area (Å²) in [7, 11) is -1.79. The Labute approximate surface area is 144 Å². The first-order valence-corrected chi connectivity index (χ1v) is 10.3. The molecule has 24 heavy (non-hydrogen) atoms. The maximum Gasteiger partial charge on any atom is 0.206 e. The fourth-order valence-electron chi connectivity index (χ4n) is 3.81. The lowest BCUT2D eigenvalue weighted by molar-refractivity contribution is -0.352. The van der Waals surface area contributed by atoms with Gasteiger partial charge in [-0.3, -0.25) is 0 Å². The molecule has 2 atom stereocenters. The summed E-state index contributed by atoms with van der Waals surface area (Å²) in [6.07, 6.45) is 0. The van der Waals surface area contributed by atoms with Gasteiger partial charge < -0.3 is 0 Å². The number of rotatable bonds is 3. The van der Waals surface area contributed by atoms with E-state index in [2.05, 4.69) is 109 Å².